The molecule has 27 heavy (non-hydrogen) atoms. The normalized spacial score (nSPS) is 13.1. The largest absolute Gasteiger partial charge is 0.444 e. The lowest BCUT2D eigenvalue weighted by Gasteiger charge is -2.11. The molecule has 0 N–H and O–H groups in total. The summed E-state index contributed by atoms with van der Waals surface area (Å²) in [6.07, 6.45) is 1.27. The number of rotatable bonds is 4. The van der Waals surface area contributed by atoms with E-state index in [9.17, 15) is 24.1 Å². The summed E-state index contributed by atoms with van der Waals surface area (Å²) in [7, 11) is 0. The molecular weight excluding hydrogens is 357 g/mol. The van der Waals surface area contributed by atoms with E-state index < -0.39 is 22.6 Å². The van der Waals surface area contributed by atoms with Crippen molar-refractivity contribution < 1.29 is 23.3 Å². The zero-order valence-corrected chi connectivity index (χ0v) is 13.6. The van der Waals surface area contributed by atoms with Crippen molar-refractivity contribution in [2.75, 3.05) is 0 Å². The maximum Gasteiger partial charge on any atom is 0.270 e. The molecule has 1 aliphatic heterocycles. The smallest absolute Gasteiger partial charge is 0.270 e. The highest BCUT2D eigenvalue weighted by Crippen LogP contribution is 2.28. The van der Waals surface area contributed by atoms with Gasteiger partial charge in [0, 0.05) is 17.7 Å². The number of nitro groups is 1. The van der Waals surface area contributed by atoms with Gasteiger partial charge in [0.1, 0.15) is 12.1 Å². The number of nitrogens with zero attached hydrogens (tertiary/aromatic N) is 3. The van der Waals surface area contributed by atoms with Gasteiger partial charge in [0.25, 0.3) is 17.5 Å². The molecule has 1 aliphatic rings. The third kappa shape index (κ3) is 2.84. The Bertz CT molecular complexity index is 1110. The predicted octanol–water partition coefficient (Wildman–Crippen LogP) is 3.19. The molecule has 9 heteroatoms. The summed E-state index contributed by atoms with van der Waals surface area (Å²) >= 11 is 0. The molecule has 0 radical (unpaired) electrons. The van der Waals surface area contributed by atoms with E-state index in [1.54, 1.807) is 6.07 Å². The highest BCUT2D eigenvalue weighted by molar-refractivity contribution is 6.21. The third-order valence-electron chi connectivity index (χ3n) is 4.11. The number of halogens is 1. The monoisotopic (exact) mass is 367 g/mol. The van der Waals surface area contributed by atoms with Crippen LogP contribution >= 0.6 is 0 Å². The first-order chi connectivity index (χ1) is 12.9. The Hall–Kier alpha value is -3.88. The summed E-state index contributed by atoms with van der Waals surface area (Å²) in [5.74, 6) is -1.51. The first-order valence-electron chi connectivity index (χ1n) is 7.79. The second kappa shape index (κ2) is 6.13. The molecule has 0 saturated heterocycles. The number of hydrogen-bond acceptors (Lipinski definition) is 6. The van der Waals surface area contributed by atoms with Crippen LogP contribution in [0, 0.1) is 15.9 Å². The van der Waals surface area contributed by atoms with Crippen LogP contribution in [0.4, 0.5) is 10.1 Å². The summed E-state index contributed by atoms with van der Waals surface area (Å²) in [6.45, 7) is -0.168. The first-order valence-corrected chi connectivity index (χ1v) is 7.79. The topological polar surface area (TPSA) is 107 Å². The number of oxazole rings is 1. The molecule has 0 aliphatic carbocycles. The van der Waals surface area contributed by atoms with Crippen LogP contribution in [0.15, 0.2) is 53.1 Å². The third-order valence-corrected chi connectivity index (χ3v) is 4.11. The van der Waals surface area contributed by atoms with Crippen LogP contribution in [0.3, 0.4) is 0 Å². The van der Waals surface area contributed by atoms with E-state index in [4.69, 9.17) is 4.42 Å². The number of carbonyl (C=O) groups excluding carboxylic acids is 2. The number of imide groups is 1. The van der Waals surface area contributed by atoms with Crippen molar-refractivity contribution in [2.24, 2.45) is 0 Å². The lowest BCUT2D eigenvalue weighted by atomic mass is 10.1. The van der Waals surface area contributed by atoms with Gasteiger partial charge in [-0.1, -0.05) is 6.07 Å². The van der Waals surface area contributed by atoms with Crippen molar-refractivity contribution in [2.45, 2.75) is 6.54 Å². The molecule has 4 rings (SSSR count). The lowest BCUT2D eigenvalue weighted by Crippen LogP contribution is -2.29. The van der Waals surface area contributed by atoms with Gasteiger partial charge in [0.05, 0.1) is 28.3 Å². The first kappa shape index (κ1) is 16.6. The van der Waals surface area contributed by atoms with Gasteiger partial charge in [-0.3, -0.25) is 24.6 Å². The van der Waals surface area contributed by atoms with E-state index in [0.717, 1.165) is 11.0 Å². The van der Waals surface area contributed by atoms with Gasteiger partial charge in [-0.05, 0) is 24.3 Å². The molecule has 0 atom stereocenters. The van der Waals surface area contributed by atoms with Crippen molar-refractivity contribution in [3.8, 4) is 11.5 Å². The van der Waals surface area contributed by atoms with Crippen LogP contribution < -0.4 is 0 Å². The standard InChI is InChI=1S/C18H10FN3O5/c19-11-3-1-2-10(6-11)16-20-12(9-27-16)8-21-17(23)14-5-4-13(22(25)26)7-15(14)18(21)24/h1-7,9H,8H2. The summed E-state index contributed by atoms with van der Waals surface area (Å²) in [6, 6.07) is 9.16. The molecule has 0 bridgehead atoms. The number of non-ortho nitro benzene ring substituents is 1. The molecule has 2 amide bonds. The minimum absolute atomic E-state index is 0.0250. The zero-order valence-electron chi connectivity index (χ0n) is 13.6. The Morgan fingerprint density at radius 3 is 2.63 bits per heavy atom. The molecule has 0 fully saturated rings. The van der Waals surface area contributed by atoms with Crippen molar-refractivity contribution >= 4 is 17.5 Å². The molecule has 0 unspecified atom stereocenters. The van der Waals surface area contributed by atoms with Gasteiger partial charge in [0.2, 0.25) is 5.89 Å². The fourth-order valence-electron chi connectivity index (χ4n) is 2.83. The quantitative estimate of drug-likeness (QED) is 0.398. The number of fused-ring (bicyclic) bond motifs is 1. The van der Waals surface area contributed by atoms with E-state index in [2.05, 4.69) is 4.98 Å². The number of amides is 2. The van der Waals surface area contributed by atoms with Gasteiger partial charge >= 0.3 is 0 Å². The maximum absolute atomic E-state index is 13.3. The average Bonchev–Trinajstić information content (AvgIpc) is 3.21. The minimum Gasteiger partial charge on any atom is -0.444 e. The average molecular weight is 367 g/mol. The SMILES string of the molecule is O=C1c2ccc([N+](=O)[O-])cc2C(=O)N1Cc1coc(-c2cccc(F)c2)n1. The van der Waals surface area contributed by atoms with Crippen LogP contribution in [-0.4, -0.2) is 26.6 Å². The molecular formula is C18H10FN3O5. The Morgan fingerprint density at radius 1 is 1.11 bits per heavy atom. The van der Waals surface area contributed by atoms with Gasteiger partial charge < -0.3 is 4.42 Å². The second-order valence-corrected chi connectivity index (χ2v) is 5.84. The van der Waals surface area contributed by atoms with E-state index in [1.807, 2.05) is 0 Å². The lowest BCUT2D eigenvalue weighted by molar-refractivity contribution is -0.384. The fraction of sp³-hybridized carbons (Fsp3) is 0.0556. The number of carbonyl (C=O) groups is 2. The Labute approximate surface area is 151 Å². The van der Waals surface area contributed by atoms with Crippen LogP contribution in [0.25, 0.3) is 11.5 Å². The van der Waals surface area contributed by atoms with Gasteiger partial charge in [-0.25, -0.2) is 9.37 Å². The molecule has 0 saturated carbocycles. The van der Waals surface area contributed by atoms with Crippen LogP contribution in [0.5, 0.6) is 0 Å². The van der Waals surface area contributed by atoms with E-state index >= 15 is 0 Å². The molecule has 134 valence electrons. The van der Waals surface area contributed by atoms with Gasteiger partial charge in [0.15, 0.2) is 0 Å². The number of hydrogen-bond donors (Lipinski definition) is 0. The van der Waals surface area contributed by atoms with Crippen molar-refractivity contribution in [1.82, 2.24) is 9.88 Å². The Morgan fingerprint density at radius 2 is 1.89 bits per heavy atom. The fourth-order valence-corrected chi connectivity index (χ4v) is 2.83. The van der Waals surface area contributed by atoms with E-state index in [1.165, 1.54) is 36.6 Å². The molecule has 3 aromatic rings. The van der Waals surface area contributed by atoms with Gasteiger partial charge in [-0.15, -0.1) is 0 Å². The molecule has 2 aromatic carbocycles. The molecule has 8 nitrogen and oxygen atoms in total. The summed E-state index contributed by atoms with van der Waals surface area (Å²) in [4.78, 5) is 40.3. The Balaban J connectivity index is 1.60. The van der Waals surface area contributed by atoms with Crippen LogP contribution in [0.1, 0.15) is 26.4 Å². The highest BCUT2D eigenvalue weighted by Gasteiger charge is 2.37. The summed E-state index contributed by atoms with van der Waals surface area (Å²) in [5.41, 5.74) is 0.506. The Kier molecular flexibility index (Phi) is 3.76. The van der Waals surface area contributed by atoms with Crippen molar-refractivity contribution in [3.05, 3.63) is 81.5 Å². The van der Waals surface area contributed by atoms with Crippen molar-refractivity contribution in [1.29, 1.82) is 0 Å². The second-order valence-electron chi connectivity index (χ2n) is 5.84. The molecule has 2 heterocycles. The van der Waals surface area contributed by atoms with Crippen LogP contribution in [-0.2, 0) is 6.54 Å². The minimum atomic E-state index is -0.644. The van der Waals surface area contributed by atoms with E-state index in [0.29, 0.717) is 11.3 Å². The maximum atomic E-state index is 13.3. The van der Waals surface area contributed by atoms with Crippen LogP contribution in [0.2, 0.25) is 0 Å². The van der Waals surface area contributed by atoms with Gasteiger partial charge in [-0.2, -0.15) is 0 Å². The number of benzene rings is 2. The van der Waals surface area contributed by atoms with E-state index in [-0.39, 0.29) is 29.2 Å². The zero-order chi connectivity index (χ0) is 19.1. The number of aromatic nitrogens is 1. The molecule has 0 spiro atoms. The summed E-state index contributed by atoms with van der Waals surface area (Å²) < 4.78 is 18.6. The predicted molar refractivity (Wildman–Crippen MR) is 89.2 cm³/mol. The van der Waals surface area contributed by atoms with Crippen molar-refractivity contribution in [3.63, 3.8) is 0 Å². The highest BCUT2D eigenvalue weighted by atomic mass is 19.1. The molecule has 1 aromatic heterocycles. The summed E-state index contributed by atoms with van der Waals surface area (Å²) in [5, 5.41) is 10.9. The number of nitro benzene ring substituents is 1.